The minimum Gasteiger partial charge on any atom is -0.503 e. The maximum atomic E-state index is 11.8. The van der Waals surface area contributed by atoms with Crippen LogP contribution in [0, 0.1) is 0 Å². The SMILES string of the molecule is COc1cc(C=NNC(=O)CN2CCOCC2)cc(Br)c1O. The zero-order chi connectivity index (χ0) is 15.9. The molecule has 0 saturated carbocycles. The number of ether oxygens (including phenoxy) is 2. The number of carbonyl (C=O) groups excluding carboxylic acids is 1. The van der Waals surface area contributed by atoms with Crippen molar-refractivity contribution in [3.05, 3.63) is 22.2 Å². The van der Waals surface area contributed by atoms with Crippen LogP contribution in [-0.4, -0.2) is 62.1 Å². The molecule has 7 nitrogen and oxygen atoms in total. The lowest BCUT2D eigenvalue weighted by Gasteiger charge is -2.25. The maximum Gasteiger partial charge on any atom is 0.254 e. The second-order valence-corrected chi connectivity index (χ2v) is 5.59. The van der Waals surface area contributed by atoms with E-state index in [4.69, 9.17) is 9.47 Å². The van der Waals surface area contributed by atoms with Gasteiger partial charge in [-0.05, 0) is 33.6 Å². The quantitative estimate of drug-likeness (QED) is 0.594. The van der Waals surface area contributed by atoms with Crippen molar-refractivity contribution in [3.63, 3.8) is 0 Å². The molecule has 1 aliphatic heterocycles. The van der Waals surface area contributed by atoms with Crippen LogP contribution >= 0.6 is 15.9 Å². The number of benzene rings is 1. The van der Waals surface area contributed by atoms with E-state index in [2.05, 4.69) is 26.5 Å². The van der Waals surface area contributed by atoms with Crippen LogP contribution in [0.1, 0.15) is 5.56 Å². The zero-order valence-electron chi connectivity index (χ0n) is 12.2. The molecule has 0 aliphatic carbocycles. The summed E-state index contributed by atoms with van der Waals surface area (Å²) in [6.45, 7) is 3.09. The average Bonchev–Trinajstić information content (AvgIpc) is 2.51. The van der Waals surface area contributed by atoms with Crippen molar-refractivity contribution in [2.24, 2.45) is 5.10 Å². The molecule has 2 rings (SSSR count). The van der Waals surface area contributed by atoms with Gasteiger partial charge in [-0.2, -0.15) is 5.10 Å². The predicted molar refractivity (Wildman–Crippen MR) is 85.4 cm³/mol. The summed E-state index contributed by atoms with van der Waals surface area (Å²) in [5.74, 6) is 0.175. The summed E-state index contributed by atoms with van der Waals surface area (Å²) in [7, 11) is 1.46. The van der Waals surface area contributed by atoms with Gasteiger partial charge in [0.05, 0.1) is 37.6 Å². The molecule has 120 valence electrons. The minimum atomic E-state index is -0.178. The Balaban J connectivity index is 1.89. The molecule has 1 aromatic rings. The fourth-order valence-electron chi connectivity index (χ4n) is 2.00. The number of amides is 1. The fraction of sp³-hybridized carbons (Fsp3) is 0.429. The largest absolute Gasteiger partial charge is 0.503 e. The number of phenolic OH excluding ortho intramolecular Hbond substituents is 1. The number of halogens is 1. The maximum absolute atomic E-state index is 11.8. The molecule has 0 bridgehead atoms. The number of nitrogens with zero attached hydrogens (tertiary/aromatic N) is 2. The van der Waals surface area contributed by atoms with Crippen LogP contribution in [0.25, 0.3) is 0 Å². The van der Waals surface area contributed by atoms with Crippen LogP contribution in [0.15, 0.2) is 21.7 Å². The third kappa shape index (κ3) is 4.69. The van der Waals surface area contributed by atoms with Gasteiger partial charge in [0.2, 0.25) is 0 Å². The highest BCUT2D eigenvalue weighted by Crippen LogP contribution is 2.34. The van der Waals surface area contributed by atoms with Crippen LogP contribution in [0.2, 0.25) is 0 Å². The first-order valence-corrected chi connectivity index (χ1v) is 7.58. The van der Waals surface area contributed by atoms with E-state index in [1.807, 2.05) is 4.90 Å². The summed E-state index contributed by atoms with van der Waals surface area (Å²) < 4.78 is 10.8. The third-order valence-electron chi connectivity index (χ3n) is 3.14. The Morgan fingerprint density at radius 2 is 2.27 bits per heavy atom. The fourth-order valence-corrected chi connectivity index (χ4v) is 2.46. The number of aromatic hydroxyl groups is 1. The van der Waals surface area contributed by atoms with Crippen molar-refractivity contribution in [3.8, 4) is 11.5 Å². The Labute approximate surface area is 137 Å². The molecule has 8 heteroatoms. The monoisotopic (exact) mass is 371 g/mol. The van der Waals surface area contributed by atoms with Gasteiger partial charge < -0.3 is 14.6 Å². The number of morpholine rings is 1. The first kappa shape index (κ1) is 16.7. The van der Waals surface area contributed by atoms with Gasteiger partial charge in [0.1, 0.15) is 0 Å². The molecule has 1 amide bonds. The number of methoxy groups -OCH3 is 1. The predicted octanol–water partition coefficient (Wildman–Crippen LogP) is 0.946. The number of hydrazone groups is 1. The molecule has 0 spiro atoms. The molecule has 0 atom stereocenters. The number of phenols is 1. The van der Waals surface area contributed by atoms with Crippen LogP contribution in [0.3, 0.4) is 0 Å². The van der Waals surface area contributed by atoms with Gasteiger partial charge in [-0.15, -0.1) is 0 Å². The second kappa shape index (κ2) is 8.11. The van der Waals surface area contributed by atoms with Gasteiger partial charge in [0.15, 0.2) is 11.5 Å². The van der Waals surface area contributed by atoms with Crippen molar-refractivity contribution < 1.29 is 19.4 Å². The lowest BCUT2D eigenvalue weighted by Crippen LogP contribution is -2.42. The normalized spacial score (nSPS) is 15.9. The molecule has 2 N–H and O–H groups in total. The van der Waals surface area contributed by atoms with Crippen molar-refractivity contribution >= 4 is 28.1 Å². The molecule has 1 aliphatic rings. The summed E-state index contributed by atoms with van der Waals surface area (Å²) in [4.78, 5) is 13.8. The van der Waals surface area contributed by atoms with Gasteiger partial charge >= 0.3 is 0 Å². The van der Waals surface area contributed by atoms with Crippen molar-refractivity contribution in [1.82, 2.24) is 10.3 Å². The highest BCUT2D eigenvalue weighted by molar-refractivity contribution is 9.10. The van der Waals surface area contributed by atoms with Gasteiger partial charge in [0, 0.05) is 13.1 Å². The highest BCUT2D eigenvalue weighted by Gasteiger charge is 2.13. The second-order valence-electron chi connectivity index (χ2n) is 4.74. The Bertz CT molecular complexity index is 559. The highest BCUT2D eigenvalue weighted by atomic mass is 79.9. The Kier molecular flexibility index (Phi) is 6.17. The summed E-state index contributed by atoms with van der Waals surface area (Å²) in [5.41, 5.74) is 3.17. The van der Waals surface area contributed by atoms with Crippen molar-refractivity contribution in [2.75, 3.05) is 40.0 Å². The zero-order valence-corrected chi connectivity index (χ0v) is 13.8. The molecule has 1 fully saturated rings. The molecule has 22 heavy (non-hydrogen) atoms. The first-order valence-electron chi connectivity index (χ1n) is 6.78. The third-order valence-corrected chi connectivity index (χ3v) is 3.75. The van der Waals surface area contributed by atoms with Gasteiger partial charge in [-0.3, -0.25) is 9.69 Å². The molecule has 0 unspecified atom stereocenters. The summed E-state index contributed by atoms with van der Waals surface area (Å²) >= 11 is 3.23. The van der Waals surface area contributed by atoms with E-state index in [0.717, 1.165) is 13.1 Å². The van der Waals surface area contributed by atoms with Gasteiger partial charge in [0.25, 0.3) is 5.91 Å². The number of nitrogens with one attached hydrogen (secondary N) is 1. The topological polar surface area (TPSA) is 83.4 Å². The smallest absolute Gasteiger partial charge is 0.254 e. The number of carbonyl (C=O) groups is 1. The van der Waals surface area contributed by atoms with Crippen LogP contribution < -0.4 is 10.2 Å². The average molecular weight is 372 g/mol. The van der Waals surface area contributed by atoms with Gasteiger partial charge in [-0.25, -0.2) is 5.43 Å². The molecule has 0 aromatic heterocycles. The number of hydrogen-bond donors (Lipinski definition) is 2. The number of hydrogen-bond acceptors (Lipinski definition) is 6. The summed E-state index contributed by atoms with van der Waals surface area (Å²) in [6, 6.07) is 3.30. The molecule has 1 aromatic carbocycles. The van der Waals surface area contributed by atoms with E-state index in [0.29, 0.717) is 35.5 Å². The van der Waals surface area contributed by atoms with Gasteiger partial charge in [-0.1, -0.05) is 0 Å². The molecular weight excluding hydrogens is 354 g/mol. The first-order chi connectivity index (χ1) is 10.6. The lowest BCUT2D eigenvalue weighted by atomic mass is 10.2. The lowest BCUT2D eigenvalue weighted by molar-refractivity contribution is -0.123. The van der Waals surface area contributed by atoms with Crippen LogP contribution in [0.5, 0.6) is 11.5 Å². The van der Waals surface area contributed by atoms with E-state index >= 15 is 0 Å². The molecule has 1 heterocycles. The Hall–Kier alpha value is -1.64. The summed E-state index contributed by atoms with van der Waals surface area (Å²) in [6.07, 6.45) is 1.49. The van der Waals surface area contributed by atoms with E-state index in [9.17, 15) is 9.90 Å². The van der Waals surface area contributed by atoms with E-state index in [1.165, 1.54) is 13.3 Å². The van der Waals surface area contributed by atoms with Crippen molar-refractivity contribution in [2.45, 2.75) is 0 Å². The van der Waals surface area contributed by atoms with Crippen LogP contribution in [0.4, 0.5) is 0 Å². The molecular formula is C14H18BrN3O4. The van der Waals surface area contributed by atoms with Crippen molar-refractivity contribution in [1.29, 1.82) is 0 Å². The van der Waals surface area contributed by atoms with E-state index in [-0.39, 0.29) is 11.7 Å². The summed E-state index contributed by atoms with van der Waals surface area (Å²) in [5, 5.41) is 13.6. The van der Waals surface area contributed by atoms with E-state index in [1.54, 1.807) is 12.1 Å². The van der Waals surface area contributed by atoms with E-state index < -0.39 is 0 Å². The van der Waals surface area contributed by atoms with Crippen LogP contribution in [-0.2, 0) is 9.53 Å². The Morgan fingerprint density at radius 1 is 1.55 bits per heavy atom. The number of rotatable bonds is 5. The minimum absolute atomic E-state index is 0.0241. The standard InChI is InChI=1S/C14H18BrN3O4/c1-21-12-7-10(6-11(15)14(12)20)8-16-17-13(19)9-18-2-4-22-5-3-18/h6-8,20H,2-5,9H2,1H3,(H,17,19). The molecule has 0 radical (unpaired) electrons. The molecule has 1 saturated heterocycles. The Morgan fingerprint density at radius 3 is 2.95 bits per heavy atom.